The number of esters is 2. The van der Waals surface area contributed by atoms with E-state index in [-0.39, 0.29) is 31.3 Å². The van der Waals surface area contributed by atoms with E-state index in [1.54, 1.807) is 13.8 Å². The molecule has 0 fully saturated rings. The molecule has 0 aromatic rings. The van der Waals surface area contributed by atoms with E-state index >= 15 is 0 Å². The largest absolute Gasteiger partial charge is 0.465 e. The molecule has 0 heterocycles. The normalized spacial score (nSPS) is 20.7. The number of allylic oxidation sites excluding steroid dienone is 2. The van der Waals surface area contributed by atoms with Crippen molar-refractivity contribution in [2.75, 3.05) is 13.2 Å². The highest BCUT2D eigenvalue weighted by Gasteiger charge is 2.42. The third kappa shape index (κ3) is 5.44. The fourth-order valence-corrected chi connectivity index (χ4v) is 3.35. The van der Waals surface area contributed by atoms with E-state index in [9.17, 15) is 14.4 Å². The van der Waals surface area contributed by atoms with Crippen LogP contribution in [-0.4, -0.2) is 35.3 Å². The van der Waals surface area contributed by atoms with Crippen molar-refractivity contribution in [1.82, 2.24) is 0 Å². The fraction of sp³-hybridized carbons (Fsp3) is 0.706. The van der Waals surface area contributed by atoms with Gasteiger partial charge in [0.15, 0.2) is 11.7 Å². The van der Waals surface area contributed by atoms with Crippen molar-refractivity contribution in [2.45, 2.75) is 51.3 Å². The van der Waals surface area contributed by atoms with Gasteiger partial charge in [0, 0.05) is 10.7 Å². The van der Waals surface area contributed by atoms with E-state index in [4.69, 9.17) is 9.47 Å². The van der Waals surface area contributed by atoms with Crippen molar-refractivity contribution >= 4 is 33.7 Å². The van der Waals surface area contributed by atoms with Gasteiger partial charge >= 0.3 is 11.9 Å². The molecule has 130 valence electrons. The Balaban J connectivity index is 2.89. The summed E-state index contributed by atoms with van der Waals surface area (Å²) in [6.07, 6.45) is 3.29. The smallest absolute Gasteiger partial charge is 0.320 e. The zero-order chi connectivity index (χ0) is 17.6. The van der Waals surface area contributed by atoms with Gasteiger partial charge < -0.3 is 9.47 Å². The molecular formula is C17H25BrO5. The van der Waals surface area contributed by atoms with Crippen molar-refractivity contribution in [2.24, 2.45) is 11.8 Å². The third-order valence-corrected chi connectivity index (χ3v) is 5.15. The minimum Gasteiger partial charge on any atom is -0.465 e. The van der Waals surface area contributed by atoms with Crippen molar-refractivity contribution in [3.05, 3.63) is 11.6 Å². The van der Waals surface area contributed by atoms with Crippen LogP contribution in [0.25, 0.3) is 0 Å². The molecule has 0 N–H and O–H groups in total. The molecule has 1 unspecified atom stereocenters. The van der Waals surface area contributed by atoms with Gasteiger partial charge in [-0.05, 0) is 52.0 Å². The first-order valence-corrected chi connectivity index (χ1v) is 8.74. The molecule has 6 heteroatoms. The van der Waals surface area contributed by atoms with Gasteiger partial charge in [-0.3, -0.25) is 14.4 Å². The number of carbonyl (C=O) groups excluding carboxylic acids is 3. The first-order chi connectivity index (χ1) is 10.7. The van der Waals surface area contributed by atoms with Gasteiger partial charge in [0.05, 0.1) is 13.2 Å². The molecule has 0 saturated heterocycles. The Kier molecular flexibility index (Phi) is 7.45. The second-order valence-electron chi connectivity index (χ2n) is 5.99. The summed E-state index contributed by atoms with van der Waals surface area (Å²) < 4.78 is 9.47. The summed E-state index contributed by atoms with van der Waals surface area (Å²) in [5, 5.41) is 0. The number of alkyl halides is 1. The van der Waals surface area contributed by atoms with Crippen LogP contribution in [0.15, 0.2) is 11.6 Å². The van der Waals surface area contributed by atoms with E-state index in [1.165, 1.54) is 0 Å². The Hall–Kier alpha value is -1.17. The second kappa shape index (κ2) is 8.62. The number of ether oxygens (including phenoxy) is 2. The molecule has 0 radical (unpaired) electrons. The van der Waals surface area contributed by atoms with Crippen LogP contribution in [0.3, 0.4) is 0 Å². The maximum Gasteiger partial charge on any atom is 0.320 e. The van der Waals surface area contributed by atoms with Crippen molar-refractivity contribution < 1.29 is 23.9 Å². The van der Waals surface area contributed by atoms with Crippen LogP contribution in [-0.2, 0) is 23.9 Å². The van der Waals surface area contributed by atoms with Crippen LogP contribution in [0.4, 0.5) is 0 Å². The Morgan fingerprint density at radius 3 is 2.26 bits per heavy atom. The highest BCUT2D eigenvalue weighted by Crippen LogP contribution is 2.41. The van der Waals surface area contributed by atoms with Crippen LogP contribution in [0.5, 0.6) is 0 Å². The molecule has 0 bridgehead atoms. The zero-order valence-corrected chi connectivity index (χ0v) is 15.8. The van der Waals surface area contributed by atoms with Gasteiger partial charge in [-0.1, -0.05) is 22.0 Å². The topological polar surface area (TPSA) is 69.7 Å². The molecular weight excluding hydrogens is 364 g/mol. The van der Waals surface area contributed by atoms with Crippen molar-refractivity contribution in [3.8, 4) is 0 Å². The molecule has 1 aliphatic rings. The first-order valence-electron chi connectivity index (χ1n) is 7.95. The summed E-state index contributed by atoms with van der Waals surface area (Å²) in [6.45, 7) is 7.52. The summed E-state index contributed by atoms with van der Waals surface area (Å²) in [6, 6.07) is 0. The molecule has 0 amide bonds. The molecule has 1 aliphatic carbocycles. The maximum atomic E-state index is 12.1. The summed E-state index contributed by atoms with van der Waals surface area (Å²) in [5.41, 5.74) is 0.775. The van der Waals surface area contributed by atoms with E-state index in [0.29, 0.717) is 6.42 Å². The number of halogens is 1. The average molecular weight is 389 g/mol. The lowest BCUT2D eigenvalue weighted by Gasteiger charge is -2.35. The van der Waals surface area contributed by atoms with Crippen LogP contribution in [0.2, 0.25) is 0 Å². The molecule has 0 saturated carbocycles. The number of Topliss-reactive ketones (excluding diaryl/α,β-unsaturated/α-hetero) is 1. The lowest BCUT2D eigenvalue weighted by Crippen LogP contribution is -2.39. The maximum absolute atomic E-state index is 12.1. The summed E-state index contributed by atoms with van der Waals surface area (Å²) >= 11 is 3.63. The lowest BCUT2D eigenvalue weighted by atomic mass is 9.77. The number of hydrogen-bond acceptors (Lipinski definition) is 5. The fourth-order valence-electron chi connectivity index (χ4n) is 2.67. The lowest BCUT2D eigenvalue weighted by molar-refractivity contribution is -0.162. The summed E-state index contributed by atoms with van der Waals surface area (Å²) in [4.78, 5) is 36.2. The Morgan fingerprint density at radius 2 is 1.83 bits per heavy atom. The van der Waals surface area contributed by atoms with E-state index in [2.05, 4.69) is 15.9 Å². The average Bonchev–Trinajstić information content (AvgIpc) is 2.48. The van der Waals surface area contributed by atoms with Crippen LogP contribution in [0, 0.1) is 11.8 Å². The highest BCUT2D eigenvalue weighted by molar-refractivity contribution is 9.10. The van der Waals surface area contributed by atoms with Gasteiger partial charge in [-0.25, -0.2) is 0 Å². The minimum absolute atomic E-state index is 0.0186. The monoisotopic (exact) mass is 388 g/mol. The molecule has 0 aromatic carbocycles. The standard InChI is InChI=1S/C17H25BrO5/c1-5-22-15(20)13(16(21)23-6-2)10-17(4,18)12-8-7-11(3)14(19)9-12/h7,12-13H,5-6,8-10H2,1-4H3/t12?,17-/m1/s1. The predicted octanol–water partition coefficient (Wildman–Crippen LogP) is 3.20. The Labute approximate surface area is 145 Å². The predicted molar refractivity (Wildman–Crippen MR) is 90.2 cm³/mol. The molecule has 0 aromatic heterocycles. The molecule has 5 nitrogen and oxygen atoms in total. The molecule has 0 spiro atoms. The number of carbonyl (C=O) groups is 3. The number of rotatable bonds is 7. The van der Waals surface area contributed by atoms with E-state index < -0.39 is 22.2 Å². The molecule has 2 atom stereocenters. The minimum atomic E-state index is -0.985. The zero-order valence-electron chi connectivity index (χ0n) is 14.2. The highest BCUT2D eigenvalue weighted by atomic mass is 79.9. The van der Waals surface area contributed by atoms with Gasteiger partial charge in [0.1, 0.15) is 0 Å². The first kappa shape index (κ1) is 19.9. The quantitative estimate of drug-likeness (QED) is 0.380. The Bertz CT molecular complexity index is 477. The number of hydrogen-bond donors (Lipinski definition) is 0. The van der Waals surface area contributed by atoms with Gasteiger partial charge in [-0.2, -0.15) is 0 Å². The summed E-state index contributed by atoms with van der Waals surface area (Å²) in [7, 11) is 0. The molecule has 1 rings (SSSR count). The Morgan fingerprint density at radius 1 is 1.30 bits per heavy atom. The second-order valence-corrected chi connectivity index (χ2v) is 7.80. The van der Waals surface area contributed by atoms with E-state index in [1.807, 2.05) is 19.9 Å². The third-order valence-electron chi connectivity index (χ3n) is 4.18. The summed E-state index contributed by atoms with van der Waals surface area (Å²) in [5.74, 6) is -2.02. The van der Waals surface area contributed by atoms with Gasteiger partial charge in [0.25, 0.3) is 0 Å². The number of ketones is 1. The molecule has 23 heavy (non-hydrogen) atoms. The van der Waals surface area contributed by atoms with Crippen LogP contribution in [0.1, 0.15) is 47.0 Å². The van der Waals surface area contributed by atoms with Crippen molar-refractivity contribution in [3.63, 3.8) is 0 Å². The van der Waals surface area contributed by atoms with Crippen molar-refractivity contribution in [1.29, 1.82) is 0 Å². The van der Waals surface area contributed by atoms with Gasteiger partial charge in [0.2, 0.25) is 0 Å². The van der Waals surface area contributed by atoms with Crippen LogP contribution >= 0.6 is 15.9 Å². The van der Waals surface area contributed by atoms with E-state index in [0.717, 1.165) is 12.0 Å². The van der Waals surface area contributed by atoms with Gasteiger partial charge in [-0.15, -0.1) is 0 Å². The SMILES string of the molecule is CCOC(=O)C(C[C@@](C)(Br)C1CC=C(C)C(=O)C1)C(=O)OCC. The van der Waals surface area contributed by atoms with Crippen LogP contribution < -0.4 is 0 Å². The molecule has 0 aliphatic heterocycles.